The first-order valence-electron chi connectivity index (χ1n) is 8.18. The van der Waals surface area contributed by atoms with E-state index < -0.39 is 9.84 Å². The number of allylic oxidation sites excluding steroid dienone is 1. The van der Waals surface area contributed by atoms with Gasteiger partial charge < -0.3 is 9.32 Å². The number of amides is 1. The Balaban J connectivity index is 1.84. The van der Waals surface area contributed by atoms with Gasteiger partial charge in [-0.3, -0.25) is 4.79 Å². The minimum absolute atomic E-state index is 0.00334. The second-order valence-corrected chi connectivity index (χ2v) is 10.6. The predicted octanol–water partition coefficient (Wildman–Crippen LogP) is 3.39. The van der Waals surface area contributed by atoms with Gasteiger partial charge in [-0.2, -0.15) is 0 Å². The summed E-state index contributed by atoms with van der Waals surface area (Å²) in [6.45, 7) is 4.25. The zero-order valence-corrected chi connectivity index (χ0v) is 16.4. The molecule has 1 saturated carbocycles. The lowest BCUT2D eigenvalue weighted by molar-refractivity contribution is -0.136. The number of carbonyl (C=O) groups excluding carboxylic acids is 1. The number of rotatable bonds is 5. The number of furan rings is 1. The van der Waals surface area contributed by atoms with Crippen LogP contribution >= 0.6 is 23.2 Å². The van der Waals surface area contributed by atoms with E-state index in [0.717, 1.165) is 0 Å². The summed E-state index contributed by atoms with van der Waals surface area (Å²) in [7, 11) is -3.10. The molecular weight excluding hydrogens is 385 g/mol. The van der Waals surface area contributed by atoms with Crippen LogP contribution in [0.3, 0.4) is 0 Å². The van der Waals surface area contributed by atoms with Crippen molar-refractivity contribution in [2.24, 2.45) is 17.3 Å². The molecule has 1 aromatic heterocycles. The van der Waals surface area contributed by atoms with Crippen molar-refractivity contribution < 1.29 is 17.6 Å². The van der Waals surface area contributed by atoms with Crippen LogP contribution in [0.5, 0.6) is 0 Å². The van der Waals surface area contributed by atoms with Crippen LogP contribution in [-0.2, 0) is 21.2 Å². The molecule has 5 nitrogen and oxygen atoms in total. The van der Waals surface area contributed by atoms with Crippen molar-refractivity contribution in [2.45, 2.75) is 32.9 Å². The Morgan fingerprint density at radius 1 is 1.44 bits per heavy atom. The van der Waals surface area contributed by atoms with Gasteiger partial charge in [0.05, 0.1) is 30.2 Å². The van der Waals surface area contributed by atoms with E-state index >= 15 is 0 Å². The van der Waals surface area contributed by atoms with E-state index in [-0.39, 0.29) is 51.7 Å². The Kier molecular flexibility index (Phi) is 4.99. The summed E-state index contributed by atoms with van der Waals surface area (Å²) >= 11 is 11.6. The van der Waals surface area contributed by atoms with Gasteiger partial charge in [-0.15, -0.1) is 0 Å². The van der Waals surface area contributed by atoms with Crippen molar-refractivity contribution in [3.05, 3.63) is 34.7 Å². The van der Waals surface area contributed by atoms with Crippen molar-refractivity contribution >= 4 is 38.9 Å². The van der Waals surface area contributed by atoms with E-state index in [1.807, 2.05) is 13.8 Å². The third-order valence-electron chi connectivity index (χ3n) is 5.32. The smallest absolute Gasteiger partial charge is 0.227 e. The lowest BCUT2D eigenvalue weighted by Crippen LogP contribution is -2.42. The van der Waals surface area contributed by atoms with E-state index in [1.165, 1.54) is 0 Å². The molecule has 1 aromatic rings. The number of sulfone groups is 1. The van der Waals surface area contributed by atoms with Crippen LogP contribution in [0.4, 0.5) is 0 Å². The molecule has 2 fully saturated rings. The van der Waals surface area contributed by atoms with Gasteiger partial charge in [-0.05, 0) is 36.0 Å². The second kappa shape index (κ2) is 6.63. The van der Waals surface area contributed by atoms with Crippen LogP contribution in [-0.4, -0.2) is 36.8 Å². The maximum atomic E-state index is 13.2. The van der Waals surface area contributed by atoms with E-state index in [4.69, 9.17) is 27.6 Å². The molecule has 1 amide bonds. The Hall–Kier alpha value is -0.980. The van der Waals surface area contributed by atoms with Crippen LogP contribution in [0.15, 0.2) is 33.4 Å². The largest absolute Gasteiger partial charge is 0.467 e. The maximum Gasteiger partial charge on any atom is 0.227 e. The molecule has 3 atom stereocenters. The zero-order valence-electron chi connectivity index (χ0n) is 14.1. The molecule has 1 saturated heterocycles. The number of carbonyl (C=O) groups is 1. The third-order valence-corrected chi connectivity index (χ3v) is 7.32. The lowest BCUT2D eigenvalue weighted by atomic mass is 10.1. The molecular formula is C17H21Cl2NO4S. The molecule has 2 aliphatic rings. The highest BCUT2D eigenvalue weighted by atomic mass is 35.5. The highest BCUT2D eigenvalue weighted by Gasteiger charge is 2.62. The third kappa shape index (κ3) is 3.91. The van der Waals surface area contributed by atoms with Crippen molar-refractivity contribution in [1.82, 2.24) is 4.90 Å². The fourth-order valence-electron chi connectivity index (χ4n) is 3.75. The van der Waals surface area contributed by atoms with Crippen molar-refractivity contribution in [3.8, 4) is 0 Å². The van der Waals surface area contributed by atoms with E-state index in [2.05, 4.69) is 0 Å². The van der Waals surface area contributed by atoms with Gasteiger partial charge >= 0.3 is 0 Å². The zero-order chi connectivity index (χ0) is 18.4. The van der Waals surface area contributed by atoms with Crippen molar-refractivity contribution in [1.29, 1.82) is 0 Å². The molecule has 0 spiro atoms. The quantitative estimate of drug-likeness (QED) is 0.752. The molecule has 0 radical (unpaired) electrons. The van der Waals surface area contributed by atoms with Gasteiger partial charge in [0.1, 0.15) is 10.3 Å². The van der Waals surface area contributed by atoms with Crippen LogP contribution in [0.2, 0.25) is 0 Å². The van der Waals surface area contributed by atoms with E-state index in [0.29, 0.717) is 12.2 Å². The first kappa shape index (κ1) is 18.8. The topological polar surface area (TPSA) is 67.6 Å². The average molecular weight is 406 g/mol. The minimum atomic E-state index is -3.10. The fraction of sp³-hybridized carbons (Fsp3) is 0.588. The van der Waals surface area contributed by atoms with E-state index in [9.17, 15) is 13.2 Å². The molecule has 3 rings (SSSR count). The summed E-state index contributed by atoms with van der Waals surface area (Å²) in [5.41, 5.74) is -0.259. The number of hydrogen-bond acceptors (Lipinski definition) is 4. The van der Waals surface area contributed by atoms with Crippen molar-refractivity contribution in [3.63, 3.8) is 0 Å². The lowest BCUT2D eigenvalue weighted by Gasteiger charge is -2.28. The standard InChI is InChI=1S/C17H21Cl2NO4S/c1-17(2)13(8-14(18)19)15(17)16(21)20(9-12-4-3-6-24-12)11-5-7-25(22,23)10-11/h3-4,6,8,11,13,15H,5,7,9-10H2,1-2H3. The Labute approximate surface area is 157 Å². The summed E-state index contributed by atoms with van der Waals surface area (Å²) < 4.78 is 29.3. The van der Waals surface area contributed by atoms with Gasteiger partial charge in [0.15, 0.2) is 9.84 Å². The van der Waals surface area contributed by atoms with Gasteiger partial charge in [-0.25, -0.2) is 8.42 Å². The first-order chi connectivity index (χ1) is 11.6. The summed E-state index contributed by atoms with van der Waals surface area (Å²) in [5, 5.41) is 0. The van der Waals surface area contributed by atoms with Crippen LogP contribution in [0.25, 0.3) is 0 Å². The molecule has 0 aromatic carbocycles. The Morgan fingerprint density at radius 3 is 2.68 bits per heavy atom. The maximum absolute atomic E-state index is 13.2. The molecule has 25 heavy (non-hydrogen) atoms. The first-order valence-corrected chi connectivity index (χ1v) is 10.8. The summed E-state index contributed by atoms with van der Waals surface area (Å²) in [5.74, 6) is 0.367. The molecule has 3 unspecified atom stereocenters. The van der Waals surface area contributed by atoms with Gasteiger partial charge in [0.25, 0.3) is 0 Å². The summed E-state index contributed by atoms with van der Waals surface area (Å²) in [6, 6.07) is 3.22. The summed E-state index contributed by atoms with van der Waals surface area (Å²) in [4.78, 5) is 14.9. The fourth-order valence-corrected chi connectivity index (χ4v) is 5.76. The molecule has 2 heterocycles. The monoisotopic (exact) mass is 405 g/mol. The second-order valence-electron chi connectivity index (χ2n) is 7.38. The molecule has 8 heteroatoms. The minimum Gasteiger partial charge on any atom is -0.467 e. The number of halogens is 2. The van der Waals surface area contributed by atoms with Gasteiger partial charge in [-0.1, -0.05) is 37.0 Å². The normalized spacial score (nSPS) is 29.2. The van der Waals surface area contributed by atoms with Crippen LogP contribution < -0.4 is 0 Å². The molecule has 0 N–H and O–H groups in total. The van der Waals surface area contributed by atoms with Gasteiger partial charge in [0.2, 0.25) is 5.91 Å². The summed E-state index contributed by atoms with van der Waals surface area (Å²) in [6.07, 6.45) is 3.70. The molecule has 1 aliphatic heterocycles. The van der Waals surface area contributed by atoms with Crippen LogP contribution in [0, 0.1) is 17.3 Å². The highest BCUT2D eigenvalue weighted by Crippen LogP contribution is 2.60. The predicted molar refractivity (Wildman–Crippen MR) is 96.9 cm³/mol. The molecule has 1 aliphatic carbocycles. The van der Waals surface area contributed by atoms with E-state index in [1.54, 1.807) is 29.4 Å². The number of hydrogen-bond donors (Lipinski definition) is 0. The Bertz CT molecular complexity index is 782. The highest BCUT2D eigenvalue weighted by molar-refractivity contribution is 7.91. The van der Waals surface area contributed by atoms with Crippen molar-refractivity contribution in [2.75, 3.05) is 11.5 Å². The van der Waals surface area contributed by atoms with Gasteiger partial charge in [0, 0.05) is 6.04 Å². The molecule has 138 valence electrons. The van der Waals surface area contributed by atoms with Crippen LogP contribution in [0.1, 0.15) is 26.0 Å². The number of nitrogens with zero attached hydrogens (tertiary/aromatic N) is 1. The average Bonchev–Trinajstić information content (AvgIpc) is 2.93. The Morgan fingerprint density at radius 2 is 2.16 bits per heavy atom. The SMILES string of the molecule is CC1(C)C(C=C(Cl)Cl)C1C(=O)N(Cc1ccco1)C1CCS(=O)(=O)C1. The molecule has 0 bridgehead atoms.